The van der Waals surface area contributed by atoms with Crippen molar-refractivity contribution in [1.82, 2.24) is 10.2 Å². The third-order valence-electron chi connectivity index (χ3n) is 4.92. The number of amides is 2. The molecule has 5 nitrogen and oxygen atoms in total. The van der Waals surface area contributed by atoms with E-state index in [0.717, 1.165) is 16.9 Å². The zero-order chi connectivity index (χ0) is 22.1. The zero-order valence-corrected chi connectivity index (χ0v) is 18.7. The lowest BCUT2D eigenvalue weighted by molar-refractivity contribution is -0.143. The fraction of sp³-hybridized carbons (Fsp3) is 0.440. The van der Waals surface area contributed by atoms with Crippen molar-refractivity contribution in [2.45, 2.75) is 46.7 Å². The van der Waals surface area contributed by atoms with Crippen LogP contribution in [0.15, 0.2) is 54.6 Å². The molecule has 0 fully saturated rings. The lowest BCUT2D eigenvalue weighted by Gasteiger charge is -2.33. The predicted octanol–water partition coefficient (Wildman–Crippen LogP) is 4.06. The number of hydrogen-bond donors (Lipinski definition) is 1. The molecule has 162 valence electrons. The van der Waals surface area contributed by atoms with Gasteiger partial charge in [0.1, 0.15) is 11.8 Å². The van der Waals surface area contributed by atoms with Crippen LogP contribution in [0.25, 0.3) is 0 Å². The first kappa shape index (κ1) is 23.5. The molecule has 30 heavy (non-hydrogen) atoms. The Morgan fingerprint density at radius 2 is 1.57 bits per heavy atom. The van der Waals surface area contributed by atoms with Gasteiger partial charge in [0, 0.05) is 25.4 Å². The molecule has 0 aliphatic rings. The van der Waals surface area contributed by atoms with Gasteiger partial charge >= 0.3 is 0 Å². The first-order chi connectivity index (χ1) is 14.3. The Morgan fingerprint density at radius 3 is 2.10 bits per heavy atom. The molecule has 0 saturated heterocycles. The Kier molecular flexibility index (Phi) is 8.90. The molecule has 0 aliphatic carbocycles. The first-order valence-corrected chi connectivity index (χ1v) is 10.6. The second-order valence-electron chi connectivity index (χ2n) is 8.31. The number of rotatable bonds is 10. The van der Waals surface area contributed by atoms with Gasteiger partial charge in [-0.05, 0) is 29.2 Å². The van der Waals surface area contributed by atoms with Crippen LogP contribution in [0.1, 0.15) is 38.8 Å². The molecule has 1 N–H and O–H groups in total. The minimum absolute atomic E-state index is 0.0357. The van der Waals surface area contributed by atoms with E-state index in [1.54, 1.807) is 12.0 Å². The van der Waals surface area contributed by atoms with E-state index >= 15 is 0 Å². The predicted molar refractivity (Wildman–Crippen MR) is 120 cm³/mol. The molecule has 0 saturated carbocycles. The van der Waals surface area contributed by atoms with E-state index in [-0.39, 0.29) is 17.7 Å². The Hall–Kier alpha value is -2.82. The fourth-order valence-corrected chi connectivity index (χ4v) is 3.21. The average molecular weight is 411 g/mol. The molecule has 0 unspecified atom stereocenters. The van der Waals surface area contributed by atoms with Crippen molar-refractivity contribution < 1.29 is 14.3 Å². The second kappa shape index (κ2) is 11.4. The van der Waals surface area contributed by atoms with Crippen LogP contribution in [-0.2, 0) is 22.6 Å². The van der Waals surface area contributed by atoms with Crippen molar-refractivity contribution in [3.63, 3.8) is 0 Å². The van der Waals surface area contributed by atoms with Gasteiger partial charge in [-0.1, -0.05) is 70.2 Å². The van der Waals surface area contributed by atoms with E-state index in [9.17, 15) is 9.59 Å². The van der Waals surface area contributed by atoms with Crippen LogP contribution >= 0.6 is 0 Å². The van der Waals surface area contributed by atoms with Gasteiger partial charge in [-0.3, -0.25) is 9.59 Å². The van der Waals surface area contributed by atoms with Crippen LogP contribution in [0.4, 0.5) is 0 Å². The summed E-state index contributed by atoms with van der Waals surface area (Å²) >= 11 is 0. The van der Waals surface area contributed by atoms with Crippen molar-refractivity contribution in [2.24, 2.45) is 11.8 Å². The quantitative estimate of drug-likeness (QED) is 0.642. The topological polar surface area (TPSA) is 58.6 Å². The molecular formula is C25H34N2O3. The van der Waals surface area contributed by atoms with E-state index in [1.165, 1.54) is 0 Å². The highest BCUT2D eigenvalue weighted by atomic mass is 16.5. The molecule has 2 aromatic carbocycles. The molecule has 0 aromatic heterocycles. The molecule has 0 spiro atoms. The number of hydrogen-bond acceptors (Lipinski definition) is 3. The molecule has 2 rings (SSSR count). The van der Waals surface area contributed by atoms with Crippen LogP contribution in [-0.4, -0.2) is 36.4 Å². The number of nitrogens with one attached hydrogen (secondary N) is 1. The molecular weight excluding hydrogens is 376 g/mol. The Morgan fingerprint density at radius 1 is 0.933 bits per heavy atom. The Labute approximate surface area is 180 Å². The average Bonchev–Trinajstić information content (AvgIpc) is 2.75. The summed E-state index contributed by atoms with van der Waals surface area (Å²) in [4.78, 5) is 28.1. The largest absolute Gasteiger partial charge is 0.497 e. The monoisotopic (exact) mass is 410 g/mol. The van der Waals surface area contributed by atoms with Crippen LogP contribution in [0, 0.1) is 11.8 Å². The van der Waals surface area contributed by atoms with E-state index in [2.05, 4.69) is 19.2 Å². The van der Waals surface area contributed by atoms with Crippen molar-refractivity contribution >= 4 is 11.8 Å². The number of methoxy groups -OCH3 is 1. The Balaban J connectivity index is 2.35. The summed E-state index contributed by atoms with van der Waals surface area (Å²) in [5, 5.41) is 3.03. The normalized spacial score (nSPS) is 12.0. The summed E-state index contributed by atoms with van der Waals surface area (Å²) in [6.07, 6.45) is 0.472. The number of benzene rings is 2. The van der Waals surface area contributed by atoms with E-state index < -0.39 is 6.04 Å². The summed E-state index contributed by atoms with van der Waals surface area (Å²) < 4.78 is 5.23. The van der Waals surface area contributed by atoms with Gasteiger partial charge in [-0.25, -0.2) is 0 Å². The molecule has 0 aliphatic heterocycles. The maximum Gasteiger partial charge on any atom is 0.243 e. The van der Waals surface area contributed by atoms with Crippen molar-refractivity contribution in [3.05, 3.63) is 65.7 Å². The van der Waals surface area contributed by atoms with Crippen molar-refractivity contribution in [1.29, 1.82) is 0 Å². The van der Waals surface area contributed by atoms with E-state index in [4.69, 9.17) is 4.74 Å². The Bertz CT molecular complexity index is 801. The maximum atomic E-state index is 13.2. The lowest BCUT2D eigenvalue weighted by Crippen LogP contribution is -2.52. The highest BCUT2D eigenvalue weighted by Crippen LogP contribution is 2.19. The molecule has 0 bridgehead atoms. The minimum atomic E-state index is -0.580. The molecule has 0 heterocycles. The van der Waals surface area contributed by atoms with Gasteiger partial charge in [0.05, 0.1) is 7.11 Å². The van der Waals surface area contributed by atoms with Gasteiger partial charge in [0.2, 0.25) is 11.8 Å². The van der Waals surface area contributed by atoms with Crippen LogP contribution in [0.5, 0.6) is 5.75 Å². The number of nitrogens with zero attached hydrogens (tertiary/aromatic N) is 1. The molecule has 1 atom stereocenters. The number of ether oxygens (including phenoxy) is 1. The second-order valence-corrected chi connectivity index (χ2v) is 8.31. The fourth-order valence-electron chi connectivity index (χ4n) is 3.21. The summed E-state index contributed by atoms with van der Waals surface area (Å²) in [5.74, 6) is 0.735. The van der Waals surface area contributed by atoms with Gasteiger partial charge in [0.25, 0.3) is 0 Å². The lowest BCUT2D eigenvalue weighted by atomic mass is 10.0. The SMILES string of the molecule is COc1ccc(CN(C(=O)C(C)C)[C@@H](Cc2ccccc2)C(=O)NCC(C)C)cc1. The summed E-state index contributed by atoms with van der Waals surface area (Å²) in [6, 6.07) is 16.9. The highest BCUT2D eigenvalue weighted by Gasteiger charge is 2.31. The summed E-state index contributed by atoms with van der Waals surface area (Å²) in [7, 11) is 1.62. The van der Waals surface area contributed by atoms with Crippen LogP contribution in [0.3, 0.4) is 0 Å². The van der Waals surface area contributed by atoms with Gasteiger partial charge in [-0.15, -0.1) is 0 Å². The number of carbonyl (C=O) groups excluding carboxylic acids is 2. The van der Waals surface area contributed by atoms with Crippen molar-refractivity contribution in [2.75, 3.05) is 13.7 Å². The summed E-state index contributed by atoms with van der Waals surface area (Å²) in [6.45, 7) is 8.80. The number of carbonyl (C=O) groups is 2. The van der Waals surface area contributed by atoms with Crippen LogP contribution in [0.2, 0.25) is 0 Å². The third-order valence-corrected chi connectivity index (χ3v) is 4.92. The van der Waals surface area contributed by atoms with Gasteiger partial charge in [0.15, 0.2) is 0 Å². The maximum absolute atomic E-state index is 13.2. The third kappa shape index (κ3) is 6.90. The molecule has 2 amide bonds. The van der Waals surface area contributed by atoms with Crippen molar-refractivity contribution in [3.8, 4) is 5.75 Å². The first-order valence-electron chi connectivity index (χ1n) is 10.6. The smallest absolute Gasteiger partial charge is 0.243 e. The zero-order valence-electron chi connectivity index (χ0n) is 18.7. The highest BCUT2D eigenvalue weighted by molar-refractivity contribution is 5.88. The van der Waals surface area contributed by atoms with E-state index in [1.807, 2.05) is 68.4 Å². The molecule has 5 heteroatoms. The standard InChI is InChI=1S/C25H34N2O3/c1-18(2)16-26-24(28)23(15-20-9-7-6-8-10-20)27(25(29)19(3)4)17-21-11-13-22(30-5)14-12-21/h6-14,18-19,23H,15-17H2,1-5H3,(H,26,28)/t23-/m0/s1. The van der Waals surface area contributed by atoms with E-state index in [0.29, 0.717) is 25.4 Å². The van der Waals surface area contributed by atoms with Gasteiger partial charge < -0.3 is 15.0 Å². The molecule has 2 aromatic rings. The molecule has 0 radical (unpaired) electrons. The van der Waals surface area contributed by atoms with Crippen LogP contribution < -0.4 is 10.1 Å². The van der Waals surface area contributed by atoms with Gasteiger partial charge in [-0.2, -0.15) is 0 Å². The minimum Gasteiger partial charge on any atom is -0.497 e. The summed E-state index contributed by atoms with van der Waals surface area (Å²) in [5.41, 5.74) is 1.98.